The van der Waals surface area contributed by atoms with E-state index in [1.54, 1.807) is 6.92 Å². The normalized spacial score (nSPS) is 12.8. The van der Waals surface area contributed by atoms with E-state index in [-0.39, 0.29) is 19.0 Å². The molecule has 0 radical (unpaired) electrons. The van der Waals surface area contributed by atoms with E-state index in [4.69, 9.17) is 18.5 Å². The molecule has 2 unspecified atom stereocenters. The Hall–Kier alpha value is -1.24. The zero-order chi connectivity index (χ0) is 30.5. The van der Waals surface area contributed by atoms with Crippen molar-refractivity contribution in [2.45, 2.75) is 142 Å². The number of nitrogens with one attached hydrogen (secondary N) is 1. The van der Waals surface area contributed by atoms with Crippen LogP contribution >= 0.6 is 8.60 Å². The van der Waals surface area contributed by atoms with Gasteiger partial charge in [0.1, 0.15) is 11.9 Å². The van der Waals surface area contributed by atoms with E-state index < -0.39 is 14.7 Å². The molecule has 2 N–H and O–H groups in total. The third-order valence-corrected chi connectivity index (χ3v) is 8.18. The van der Waals surface area contributed by atoms with Crippen LogP contribution in [-0.4, -0.2) is 50.4 Å². The lowest BCUT2D eigenvalue weighted by atomic mass is 10.0. The highest BCUT2D eigenvalue weighted by molar-refractivity contribution is 7.40. The standard InChI is InChI=1S/C34H62NO6P/c1-4-6-7-8-9-10-11-12-13-14-15-16-17-18-19-22-27-38-33-25-21-20-24-31(33)29-32(41-34(36)5-2)30-40-42(37)39-28-23-26-35-3/h20-21,24-25,32,35,37H,4-19,22-23,26-30H2,1-3H3. The van der Waals surface area contributed by atoms with Gasteiger partial charge in [-0.25, -0.2) is 0 Å². The van der Waals surface area contributed by atoms with Gasteiger partial charge < -0.3 is 28.7 Å². The van der Waals surface area contributed by atoms with Crippen molar-refractivity contribution in [3.05, 3.63) is 29.8 Å². The molecule has 0 bridgehead atoms. The number of hydrogen-bond acceptors (Lipinski definition) is 7. The first-order chi connectivity index (χ1) is 20.6. The second-order valence-electron chi connectivity index (χ2n) is 11.3. The van der Waals surface area contributed by atoms with Crippen LogP contribution in [0.3, 0.4) is 0 Å². The summed E-state index contributed by atoms with van der Waals surface area (Å²) in [4.78, 5) is 22.1. The summed E-state index contributed by atoms with van der Waals surface area (Å²) in [5.41, 5.74) is 0.962. The highest BCUT2D eigenvalue weighted by atomic mass is 31.2. The molecule has 0 aromatic heterocycles. The Labute approximate surface area is 258 Å². The quantitative estimate of drug-likeness (QED) is 0.0510. The summed E-state index contributed by atoms with van der Waals surface area (Å²) in [6, 6.07) is 7.87. The number of carbonyl (C=O) groups excluding carboxylic acids is 1. The number of benzene rings is 1. The monoisotopic (exact) mass is 611 g/mol. The summed E-state index contributed by atoms with van der Waals surface area (Å²) >= 11 is 0. The lowest BCUT2D eigenvalue weighted by Crippen LogP contribution is -2.25. The highest BCUT2D eigenvalue weighted by Crippen LogP contribution is 2.33. The van der Waals surface area contributed by atoms with Crippen LogP contribution in [0.2, 0.25) is 0 Å². The first kappa shape index (κ1) is 38.8. The van der Waals surface area contributed by atoms with Gasteiger partial charge >= 0.3 is 14.6 Å². The molecule has 0 heterocycles. The van der Waals surface area contributed by atoms with E-state index in [0.29, 0.717) is 19.6 Å². The molecule has 0 spiro atoms. The van der Waals surface area contributed by atoms with Crippen molar-refractivity contribution >= 4 is 14.6 Å². The van der Waals surface area contributed by atoms with E-state index in [2.05, 4.69) is 12.2 Å². The van der Waals surface area contributed by atoms with Crippen molar-refractivity contribution in [3.8, 4) is 5.75 Å². The maximum atomic E-state index is 12.0. The van der Waals surface area contributed by atoms with Gasteiger partial charge in [0.25, 0.3) is 0 Å². The van der Waals surface area contributed by atoms with Crippen LogP contribution in [0.4, 0.5) is 0 Å². The number of carbonyl (C=O) groups is 1. The van der Waals surface area contributed by atoms with Gasteiger partial charge in [-0.1, -0.05) is 128 Å². The summed E-state index contributed by atoms with van der Waals surface area (Å²) in [5, 5.41) is 3.03. The lowest BCUT2D eigenvalue weighted by Gasteiger charge is -2.20. The minimum Gasteiger partial charge on any atom is -0.493 e. The van der Waals surface area contributed by atoms with Crippen molar-refractivity contribution in [1.29, 1.82) is 0 Å². The maximum Gasteiger partial charge on any atom is 0.329 e. The molecular formula is C34H62NO6P. The average Bonchev–Trinajstić information content (AvgIpc) is 3.00. The first-order valence-corrected chi connectivity index (χ1v) is 18.0. The summed E-state index contributed by atoms with van der Waals surface area (Å²) < 4.78 is 22.6. The van der Waals surface area contributed by atoms with Gasteiger partial charge in [-0.15, -0.1) is 0 Å². The summed E-state index contributed by atoms with van der Waals surface area (Å²) in [6.07, 6.45) is 22.5. The molecule has 0 saturated heterocycles. The van der Waals surface area contributed by atoms with Gasteiger partial charge in [-0.2, -0.15) is 0 Å². The molecule has 8 heteroatoms. The molecule has 1 aromatic carbocycles. The predicted octanol–water partition coefficient (Wildman–Crippen LogP) is 9.05. The summed E-state index contributed by atoms with van der Waals surface area (Å²) in [6.45, 7) is 5.98. The van der Waals surface area contributed by atoms with Crippen LogP contribution in [0, 0.1) is 0 Å². The third-order valence-electron chi connectivity index (χ3n) is 7.41. The summed E-state index contributed by atoms with van der Waals surface area (Å²) in [7, 11) is -0.150. The molecule has 7 nitrogen and oxygen atoms in total. The van der Waals surface area contributed by atoms with Crippen LogP contribution < -0.4 is 10.1 Å². The van der Waals surface area contributed by atoms with E-state index >= 15 is 0 Å². The molecule has 1 aromatic rings. The molecule has 1 rings (SSSR count). The third kappa shape index (κ3) is 22.3. The first-order valence-electron chi connectivity index (χ1n) is 16.9. The fourth-order valence-corrected chi connectivity index (χ4v) is 5.52. The molecule has 42 heavy (non-hydrogen) atoms. The predicted molar refractivity (Wildman–Crippen MR) is 175 cm³/mol. The van der Waals surface area contributed by atoms with E-state index in [1.807, 2.05) is 31.3 Å². The smallest absolute Gasteiger partial charge is 0.329 e. The molecule has 0 aliphatic rings. The van der Waals surface area contributed by atoms with Crippen LogP contribution in [0.15, 0.2) is 24.3 Å². The minimum absolute atomic E-state index is 0.0629. The topological polar surface area (TPSA) is 86.2 Å². The van der Waals surface area contributed by atoms with Gasteiger partial charge in [-0.05, 0) is 38.1 Å². The zero-order valence-corrected chi connectivity index (χ0v) is 28.0. The van der Waals surface area contributed by atoms with Crippen LogP contribution in [0.1, 0.15) is 135 Å². The molecule has 0 aliphatic carbocycles. The van der Waals surface area contributed by atoms with Gasteiger partial charge in [-0.3, -0.25) is 4.79 Å². The number of para-hydroxylation sites is 1. The van der Waals surface area contributed by atoms with Crippen LogP contribution in [0.5, 0.6) is 5.75 Å². The lowest BCUT2D eigenvalue weighted by molar-refractivity contribution is -0.150. The van der Waals surface area contributed by atoms with Gasteiger partial charge in [0, 0.05) is 12.8 Å². The second kappa shape index (κ2) is 28.5. The van der Waals surface area contributed by atoms with E-state index in [1.165, 1.54) is 96.3 Å². The highest BCUT2D eigenvalue weighted by Gasteiger charge is 2.20. The molecule has 0 aliphatic heterocycles. The van der Waals surface area contributed by atoms with Crippen LogP contribution in [0.25, 0.3) is 0 Å². The molecule has 0 fully saturated rings. The number of rotatable bonds is 30. The van der Waals surface area contributed by atoms with Gasteiger partial charge in [0.05, 0.1) is 19.8 Å². The number of esters is 1. The van der Waals surface area contributed by atoms with Crippen LogP contribution in [-0.2, 0) is 25.0 Å². The Morgan fingerprint density at radius 2 is 1.36 bits per heavy atom. The molecular weight excluding hydrogens is 549 g/mol. The fourth-order valence-electron chi connectivity index (χ4n) is 4.87. The average molecular weight is 612 g/mol. The van der Waals surface area contributed by atoms with Crippen molar-refractivity contribution in [1.82, 2.24) is 5.32 Å². The molecule has 0 saturated carbocycles. The Balaban J connectivity index is 2.23. The molecule has 244 valence electrons. The van der Waals surface area contributed by atoms with Crippen molar-refractivity contribution in [2.75, 3.05) is 33.4 Å². The Kier molecular flexibility index (Phi) is 26.3. The molecule has 2 atom stereocenters. The second-order valence-corrected chi connectivity index (χ2v) is 12.2. The summed E-state index contributed by atoms with van der Waals surface area (Å²) in [5.74, 6) is 0.512. The Morgan fingerprint density at radius 1 is 0.786 bits per heavy atom. The van der Waals surface area contributed by atoms with E-state index in [9.17, 15) is 9.69 Å². The van der Waals surface area contributed by atoms with Crippen molar-refractivity contribution in [3.63, 3.8) is 0 Å². The van der Waals surface area contributed by atoms with Crippen molar-refractivity contribution < 1.29 is 28.2 Å². The zero-order valence-electron chi connectivity index (χ0n) is 27.1. The largest absolute Gasteiger partial charge is 0.493 e. The Bertz CT molecular complexity index is 752. The van der Waals surface area contributed by atoms with E-state index in [0.717, 1.165) is 30.7 Å². The SMILES string of the molecule is CCCCCCCCCCCCCCCCCCOc1ccccc1CC(COP(O)OCCCNC)OC(=O)CC. The van der Waals surface area contributed by atoms with Crippen molar-refractivity contribution in [2.24, 2.45) is 0 Å². The van der Waals surface area contributed by atoms with Gasteiger partial charge in [0.2, 0.25) is 0 Å². The molecule has 0 amide bonds. The number of hydrogen-bond donors (Lipinski definition) is 2. The van der Waals surface area contributed by atoms with Gasteiger partial charge in [0.15, 0.2) is 0 Å². The minimum atomic E-state index is -2.02. The maximum absolute atomic E-state index is 12.0. The number of ether oxygens (including phenoxy) is 2. The Morgan fingerprint density at radius 3 is 1.93 bits per heavy atom. The number of unbranched alkanes of at least 4 members (excludes halogenated alkanes) is 15. The fraction of sp³-hybridized carbons (Fsp3) is 0.794.